The van der Waals surface area contributed by atoms with Crippen molar-refractivity contribution in [1.82, 2.24) is 20.2 Å². The quantitative estimate of drug-likeness (QED) is 0.286. The van der Waals surface area contributed by atoms with Crippen LogP contribution in [-0.2, 0) is 11.3 Å². The number of nitrogens with zero attached hydrogens (tertiary/aromatic N) is 3. The Bertz CT molecular complexity index is 1310. The van der Waals surface area contributed by atoms with Crippen molar-refractivity contribution in [3.8, 4) is 17.0 Å². The Hall–Kier alpha value is -3.76. The van der Waals surface area contributed by atoms with Crippen molar-refractivity contribution < 1.29 is 14.3 Å². The number of H-pyrrole nitrogens is 1. The number of fused-ring (bicyclic) bond motifs is 1. The Labute approximate surface area is 192 Å². The van der Waals surface area contributed by atoms with E-state index in [1.165, 1.54) is 13.3 Å². The van der Waals surface area contributed by atoms with Crippen LogP contribution >= 0.6 is 23.8 Å². The van der Waals surface area contributed by atoms with Gasteiger partial charge in [0.1, 0.15) is 17.9 Å². The highest BCUT2D eigenvalue weighted by atomic mass is 35.5. The molecule has 32 heavy (non-hydrogen) atoms. The number of rotatable bonds is 6. The van der Waals surface area contributed by atoms with Gasteiger partial charge in [-0.25, -0.2) is 4.79 Å². The number of carbonyl (C=O) groups excluding carboxylic acids is 1. The summed E-state index contributed by atoms with van der Waals surface area (Å²) in [4.78, 5) is 20.2. The van der Waals surface area contributed by atoms with Crippen LogP contribution in [0.3, 0.4) is 0 Å². The van der Waals surface area contributed by atoms with Crippen molar-refractivity contribution in [2.24, 2.45) is 5.73 Å². The van der Waals surface area contributed by atoms with Gasteiger partial charge in [0.05, 0.1) is 29.1 Å². The monoisotopic (exact) mass is 468 g/mol. The number of benzene rings is 1. The van der Waals surface area contributed by atoms with E-state index >= 15 is 0 Å². The minimum Gasteiger partial charge on any atom is -0.485 e. The van der Waals surface area contributed by atoms with E-state index < -0.39 is 5.97 Å². The van der Waals surface area contributed by atoms with E-state index in [0.29, 0.717) is 44.4 Å². The second-order valence-electron chi connectivity index (χ2n) is 6.61. The standard InChI is InChI=1S/C21H17ClN6O3S/c1-30-20(29)11-4-5-13(25-9-11)10-31-16-8-12(17-15(22)3-2-6-24-17)7-14-18(16)27-28-19(14)26-21(23)32/h2-9H,10H2,1H3,(H4,23,26,27,28,32). The average Bonchev–Trinajstić information content (AvgIpc) is 3.19. The molecule has 0 atom stereocenters. The second-order valence-corrected chi connectivity index (χ2v) is 7.46. The highest BCUT2D eigenvalue weighted by Crippen LogP contribution is 2.36. The molecule has 11 heteroatoms. The molecular weight excluding hydrogens is 452 g/mol. The third-order valence-electron chi connectivity index (χ3n) is 4.53. The Balaban J connectivity index is 1.71. The first-order chi connectivity index (χ1) is 15.5. The van der Waals surface area contributed by atoms with Crippen molar-refractivity contribution in [2.75, 3.05) is 12.4 Å². The first-order valence-corrected chi connectivity index (χ1v) is 10.1. The predicted molar refractivity (Wildman–Crippen MR) is 125 cm³/mol. The highest BCUT2D eigenvalue weighted by Gasteiger charge is 2.16. The summed E-state index contributed by atoms with van der Waals surface area (Å²) >= 11 is 11.3. The van der Waals surface area contributed by atoms with Gasteiger partial charge in [-0.2, -0.15) is 5.10 Å². The molecular formula is C21H17ClN6O3S. The summed E-state index contributed by atoms with van der Waals surface area (Å²) in [5.74, 6) is 0.496. The van der Waals surface area contributed by atoms with Crippen LogP contribution in [0.15, 0.2) is 48.8 Å². The number of esters is 1. The zero-order chi connectivity index (χ0) is 22.7. The zero-order valence-electron chi connectivity index (χ0n) is 16.8. The summed E-state index contributed by atoms with van der Waals surface area (Å²) in [6.45, 7) is 0.146. The molecule has 162 valence electrons. The van der Waals surface area contributed by atoms with Crippen LogP contribution in [-0.4, -0.2) is 38.4 Å². The first-order valence-electron chi connectivity index (χ1n) is 9.31. The summed E-state index contributed by atoms with van der Waals surface area (Å²) in [5.41, 5.74) is 8.54. The van der Waals surface area contributed by atoms with Crippen LogP contribution in [0.4, 0.5) is 5.82 Å². The lowest BCUT2D eigenvalue weighted by Gasteiger charge is -2.11. The maximum absolute atomic E-state index is 11.6. The first kappa shape index (κ1) is 21.5. The van der Waals surface area contributed by atoms with Crippen LogP contribution < -0.4 is 15.8 Å². The molecule has 1 aromatic carbocycles. The van der Waals surface area contributed by atoms with Crippen LogP contribution in [0.1, 0.15) is 16.1 Å². The van der Waals surface area contributed by atoms with Crippen LogP contribution in [0.25, 0.3) is 22.2 Å². The normalized spacial score (nSPS) is 10.7. The number of aromatic amines is 1. The number of methoxy groups -OCH3 is 1. The fourth-order valence-corrected chi connectivity index (χ4v) is 3.38. The van der Waals surface area contributed by atoms with Gasteiger partial charge in [-0.05, 0) is 48.6 Å². The predicted octanol–water partition coefficient (Wildman–Crippen LogP) is 3.69. The van der Waals surface area contributed by atoms with Gasteiger partial charge < -0.3 is 20.5 Å². The number of aromatic nitrogens is 4. The van der Waals surface area contributed by atoms with Gasteiger partial charge in [-0.3, -0.25) is 15.1 Å². The van der Waals surface area contributed by atoms with Gasteiger partial charge in [0.25, 0.3) is 0 Å². The van der Waals surface area contributed by atoms with Crippen molar-refractivity contribution in [3.05, 3.63) is 65.1 Å². The molecule has 0 aliphatic heterocycles. The van der Waals surface area contributed by atoms with E-state index in [4.69, 9.17) is 34.3 Å². The summed E-state index contributed by atoms with van der Waals surface area (Å²) in [5, 5.41) is 11.3. The largest absolute Gasteiger partial charge is 0.485 e. The zero-order valence-corrected chi connectivity index (χ0v) is 18.3. The smallest absolute Gasteiger partial charge is 0.339 e. The van der Waals surface area contributed by atoms with Gasteiger partial charge in [-0.1, -0.05) is 11.6 Å². The number of nitrogens with one attached hydrogen (secondary N) is 2. The molecule has 0 saturated carbocycles. The van der Waals surface area contributed by atoms with Gasteiger partial charge in [0, 0.05) is 23.3 Å². The molecule has 0 unspecified atom stereocenters. The lowest BCUT2D eigenvalue weighted by molar-refractivity contribution is 0.0600. The third kappa shape index (κ3) is 4.46. The number of anilines is 1. The van der Waals surface area contributed by atoms with Gasteiger partial charge in [0.15, 0.2) is 10.9 Å². The molecule has 0 radical (unpaired) electrons. The molecule has 0 aliphatic carbocycles. The molecule has 9 nitrogen and oxygen atoms in total. The lowest BCUT2D eigenvalue weighted by atomic mass is 10.1. The number of hydrogen-bond acceptors (Lipinski definition) is 7. The number of hydrogen-bond donors (Lipinski definition) is 3. The maximum atomic E-state index is 11.6. The molecule has 0 saturated heterocycles. The van der Waals surface area contributed by atoms with E-state index in [1.807, 2.05) is 12.1 Å². The van der Waals surface area contributed by atoms with Gasteiger partial charge in [-0.15, -0.1) is 0 Å². The third-order valence-corrected chi connectivity index (χ3v) is 4.94. The fraction of sp³-hybridized carbons (Fsp3) is 0.0952. The van der Waals surface area contributed by atoms with Crippen molar-refractivity contribution in [2.45, 2.75) is 6.61 Å². The molecule has 4 rings (SSSR count). The number of nitrogens with two attached hydrogens (primary N) is 1. The van der Waals surface area contributed by atoms with E-state index in [2.05, 4.69) is 30.2 Å². The second kappa shape index (κ2) is 9.16. The molecule has 0 bridgehead atoms. The number of pyridine rings is 2. The molecule has 0 amide bonds. The van der Waals surface area contributed by atoms with E-state index in [1.54, 1.807) is 30.5 Å². The maximum Gasteiger partial charge on any atom is 0.339 e. The Morgan fingerprint density at radius 2 is 2.12 bits per heavy atom. The van der Waals surface area contributed by atoms with Crippen LogP contribution in [0.5, 0.6) is 5.75 Å². The van der Waals surface area contributed by atoms with Crippen LogP contribution in [0.2, 0.25) is 5.02 Å². The molecule has 0 spiro atoms. The molecule has 0 fully saturated rings. The van der Waals surface area contributed by atoms with Crippen molar-refractivity contribution in [3.63, 3.8) is 0 Å². The average molecular weight is 469 g/mol. The minimum atomic E-state index is -0.457. The number of ether oxygens (including phenoxy) is 2. The molecule has 3 aromatic heterocycles. The molecule has 4 N–H and O–H groups in total. The summed E-state index contributed by atoms with van der Waals surface area (Å²) in [6.07, 6.45) is 3.09. The summed E-state index contributed by atoms with van der Waals surface area (Å²) in [7, 11) is 1.32. The van der Waals surface area contributed by atoms with E-state index in [9.17, 15) is 4.79 Å². The molecule has 4 aromatic rings. The van der Waals surface area contributed by atoms with E-state index in [0.717, 1.165) is 5.56 Å². The Morgan fingerprint density at radius 1 is 1.28 bits per heavy atom. The highest BCUT2D eigenvalue weighted by molar-refractivity contribution is 7.80. The molecule has 3 heterocycles. The van der Waals surface area contributed by atoms with Crippen LogP contribution in [0, 0.1) is 0 Å². The minimum absolute atomic E-state index is 0.0806. The molecule has 0 aliphatic rings. The summed E-state index contributed by atoms with van der Waals surface area (Å²) < 4.78 is 10.7. The fourth-order valence-electron chi connectivity index (χ4n) is 3.05. The topological polar surface area (TPSA) is 128 Å². The Morgan fingerprint density at radius 3 is 2.81 bits per heavy atom. The number of carbonyl (C=O) groups is 1. The van der Waals surface area contributed by atoms with E-state index in [-0.39, 0.29) is 11.7 Å². The SMILES string of the molecule is COC(=O)c1ccc(COc2cc(-c3ncccc3Cl)cc3c(NC(N)=S)n[nH]c23)nc1. The van der Waals surface area contributed by atoms with Crippen molar-refractivity contribution >= 4 is 51.6 Å². The lowest BCUT2D eigenvalue weighted by Crippen LogP contribution is -2.19. The van der Waals surface area contributed by atoms with Gasteiger partial charge in [0.2, 0.25) is 0 Å². The van der Waals surface area contributed by atoms with Crippen molar-refractivity contribution in [1.29, 1.82) is 0 Å². The Kier molecular flexibility index (Phi) is 6.15. The van der Waals surface area contributed by atoms with Gasteiger partial charge >= 0.3 is 5.97 Å². The number of halogens is 1. The summed E-state index contributed by atoms with van der Waals surface area (Å²) in [6, 6.07) is 10.5. The number of thiocarbonyl (C=S) groups is 1.